The summed E-state index contributed by atoms with van der Waals surface area (Å²) >= 11 is 18.9. The first-order valence-corrected chi connectivity index (χ1v) is 11.2. The minimum absolute atomic E-state index is 0.147. The second-order valence-corrected chi connectivity index (χ2v) is 8.71. The molecule has 4 amide bonds. The highest BCUT2D eigenvalue weighted by Crippen LogP contribution is 2.36. The van der Waals surface area contributed by atoms with Crippen LogP contribution in [0.1, 0.15) is 16.7 Å². The molecule has 0 unspecified atom stereocenters. The van der Waals surface area contributed by atoms with Crippen LogP contribution in [0.25, 0.3) is 6.08 Å². The molecule has 0 aliphatic carbocycles. The molecule has 0 aromatic heterocycles. The topological polar surface area (TPSA) is 75.7 Å². The third-order valence-corrected chi connectivity index (χ3v) is 5.99. The van der Waals surface area contributed by atoms with Crippen molar-refractivity contribution in [1.29, 1.82) is 0 Å². The summed E-state index contributed by atoms with van der Waals surface area (Å²) in [6.45, 7) is 2.03. The zero-order valence-corrected chi connectivity index (χ0v) is 20.0. The van der Waals surface area contributed by atoms with Gasteiger partial charge in [-0.2, -0.15) is 0 Å². The summed E-state index contributed by atoms with van der Waals surface area (Å²) in [7, 11) is 0. The van der Waals surface area contributed by atoms with E-state index in [0.29, 0.717) is 16.3 Å². The Morgan fingerprint density at radius 2 is 1.56 bits per heavy atom. The number of anilines is 1. The molecule has 1 N–H and O–H groups in total. The SMILES string of the molecule is Cc1ccc(N2C(=O)NC(=O)/C(=C\c3cc(Cl)c(OCc4ccccc4Cl)c(Cl)c3)C2=O)cc1. The number of barbiturate groups is 1. The first kappa shape index (κ1) is 23.8. The van der Waals surface area contributed by atoms with E-state index in [1.165, 1.54) is 18.2 Å². The number of imide groups is 2. The molecule has 0 atom stereocenters. The Hall–Kier alpha value is -3.32. The summed E-state index contributed by atoms with van der Waals surface area (Å²) < 4.78 is 5.75. The van der Waals surface area contributed by atoms with Gasteiger partial charge in [0.05, 0.1) is 15.7 Å². The Bertz CT molecular complexity index is 1310. The van der Waals surface area contributed by atoms with Crippen LogP contribution in [0.3, 0.4) is 0 Å². The van der Waals surface area contributed by atoms with Crippen molar-refractivity contribution in [2.75, 3.05) is 4.90 Å². The normalized spacial score (nSPS) is 15.0. The highest BCUT2D eigenvalue weighted by atomic mass is 35.5. The van der Waals surface area contributed by atoms with Gasteiger partial charge in [0.15, 0.2) is 5.75 Å². The smallest absolute Gasteiger partial charge is 0.335 e. The molecule has 1 aliphatic heterocycles. The highest BCUT2D eigenvalue weighted by molar-refractivity contribution is 6.40. The highest BCUT2D eigenvalue weighted by Gasteiger charge is 2.36. The van der Waals surface area contributed by atoms with Gasteiger partial charge in [-0.05, 0) is 48.9 Å². The lowest BCUT2D eigenvalue weighted by molar-refractivity contribution is -0.122. The molecule has 1 heterocycles. The predicted octanol–water partition coefficient (Wildman–Crippen LogP) is 6.20. The van der Waals surface area contributed by atoms with Crippen LogP contribution in [0.2, 0.25) is 15.1 Å². The Morgan fingerprint density at radius 1 is 0.912 bits per heavy atom. The van der Waals surface area contributed by atoms with Gasteiger partial charge < -0.3 is 4.74 Å². The van der Waals surface area contributed by atoms with Crippen molar-refractivity contribution in [1.82, 2.24) is 5.32 Å². The van der Waals surface area contributed by atoms with Crippen molar-refractivity contribution in [3.63, 3.8) is 0 Å². The van der Waals surface area contributed by atoms with Gasteiger partial charge in [-0.1, -0.05) is 70.7 Å². The van der Waals surface area contributed by atoms with Crippen molar-refractivity contribution in [3.8, 4) is 5.75 Å². The number of carbonyl (C=O) groups is 3. The number of nitrogens with zero attached hydrogens (tertiary/aromatic N) is 1. The Labute approximate surface area is 210 Å². The van der Waals surface area contributed by atoms with Crippen molar-refractivity contribution in [3.05, 3.63) is 98.0 Å². The monoisotopic (exact) mass is 514 g/mol. The number of urea groups is 1. The molecule has 0 bridgehead atoms. The van der Waals surface area contributed by atoms with Gasteiger partial charge >= 0.3 is 6.03 Å². The van der Waals surface area contributed by atoms with Crippen LogP contribution in [0, 0.1) is 6.92 Å². The molecular weight excluding hydrogens is 499 g/mol. The van der Waals surface area contributed by atoms with E-state index in [2.05, 4.69) is 5.32 Å². The van der Waals surface area contributed by atoms with Gasteiger partial charge in [-0.15, -0.1) is 0 Å². The third-order valence-electron chi connectivity index (χ3n) is 5.06. The van der Waals surface area contributed by atoms with Crippen LogP contribution in [-0.2, 0) is 16.2 Å². The summed E-state index contributed by atoms with van der Waals surface area (Å²) in [5.74, 6) is -1.34. The second kappa shape index (κ2) is 9.89. The van der Waals surface area contributed by atoms with Crippen molar-refractivity contribution < 1.29 is 19.1 Å². The summed E-state index contributed by atoms with van der Waals surface area (Å²) in [6.07, 6.45) is 1.32. The molecular formula is C25H17Cl3N2O4. The van der Waals surface area contributed by atoms with E-state index in [1.807, 2.05) is 25.1 Å². The Balaban J connectivity index is 1.61. The van der Waals surface area contributed by atoms with Gasteiger partial charge in [-0.25, -0.2) is 9.69 Å². The largest absolute Gasteiger partial charge is 0.486 e. The molecule has 9 heteroatoms. The molecule has 3 aromatic rings. The van der Waals surface area contributed by atoms with E-state index in [0.717, 1.165) is 16.0 Å². The molecule has 1 aliphatic rings. The van der Waals surface area contributed by atoms with Crippen LogP contribution >= 0.6 is 34.8 Å². The number of halogens is 3. The quantitative estimate of drug-likeness (QED) is 0.324. The number of carbonyl (C=O) groups excluding carboxylic acids is 3. The molecule has 1 saturated heterocycles. The molecule has 0 spiro atoms. The summed E-state index contributed by atoms with van der Waals surface area (Å²) in [5, 5.41) is 3.09. The van der Waals surface area contributed by atoms with Gasteiger partial charge in [0.1, 0.15) is 12.2 Å². The van der Waals surface area contributed by atoms with E-state index in [-0.39, 0.29) is 28.0 Å². The molecule has 6 nitrogen and oxygen atoms in total. The summed E-state index contributed by atoms with van der Waals surface area (Å²) in [4.78, 5) is 38.7. The van der Waals surface area contributed by atoms with Gasteiger partial charge in [0.25, 0.3) is 11.8 Å². The van der Waals surface area contributed by atoms with Crippen LogP contribution < -0.4 is 15.0 Å². The van der Waals surface area contributed by atoms with Crippen LogP contribution in [0.15, 0.2) is 66.2 Å². The number of ether oxygens (including phenoxy) is 1. The van der Waals surface area contributed by atoms with Crippen LogP contribution in [-0.4, -0.2) is 17.8 Å². The average Bonchev–Trinajstić information content (AvgIpc) is 2.78. The maximum absolute atomic E-state index is 13.0. The fourth-order valence-corrected chi connectivity index (χ4v) is 4.12. The van der Waals surface area contributed by atoms with E-state index in [1.54, 1.807) is 30.3 Å². The number of amides is 4. The molecule has 34 heavy (non-hydrogen) atoms. The van der Waals surface area contributed by atoms with Gasteiger partial charge in [-0.3, -0.25) is 14.9 Å². The lowest BCUT2D eigenvalue weighted by Crippen LogP contribution is -2.54. The molecule has 3 aromatic carbocycles. The van der Waals surface area contributed by atoms with Crippen molar-refractivity contribution in [2.45, 2.75) is 13.5 Å². The zero-order chi connectivity index (χ0) is 24.4. The van der Waals surface area contributed by atoms with Crippen molar-refractivity contribution >= 4 is 64.4 Å². The molecule has 1 fully saturated rings. The second-order valence-electron chi connectivity index (χ2n) is 7.49. The minimum Gasteiger partial charge on any atom is -0.486 e. The number of nitrogens with one attached hydrogen (secondary N) is 1. The molecule has 0 radical (unpaired) electrons. The van der Waals surface area contributed by atoms with Crippen LogP contribution in [0.4, 0.5) is 10.5 Å². The lowest BCUT2D eigenvalue weighted by Gasteiger charge is -2.26. The fourth-order valence-electron chi connectivity index (χ4n) is 3.32. The van der Waals surface area contributed by atoms with E-state index in [4.69, 9.17) is 39.5 Å². The Kier molecular flexibility index (Phi) is 6.93. The zero-order valence-electron chi connectivity index (χ0n) is 17.8. The number of aryl methyl sites for hydroxylation is 1. The number of benzene rings is 3. The molecule has 0 saturated carbocycles. The maximum atomic E-state index is 13.0. The number of rotatable bonds is 5. The average molecular weight is 516 g/mol. The molecule has 4 rings (SSSR count). The van der Waals surface area contributed by atoms with Gasteiger partial charge in [0.2, 0.25) is 0 Å². The van der Waals surface area contributed by atoms with E-state index in [9.17, 15) is 14.4 Å². The first-order chi connectivity index (χ1) is 16.2. The van der Waals surface area contributed by atoms with E-state index >= 15 is 0 Å². The fraction of sp³-hybridized carbons (Fsp3) is 0.0800. The number of hydrogen-bond acceptors (Lipinski definition) is 4. The van der Waals surface area contributed by atoms with E-state index < -0.39 is 17.8 Å². The summed E-state index contributed by atoms with van der Waals surface area (Å²) in [5.41, 5.74) is 2.20. The molecule has 172 valence electrons. The standard InChI is InChI=1S/C25H17Cl3N2O4/c1-14-6-8-17(9-7-14)30-24(32)18(23(31)29-25(30)33)10-15-11-20(27)22(21(28)12-15)34-13-16-4-2-3-5-19(16)26/h2-12H,13H2,1H3,(H,29,31,33)/b18-10+. The maximum Gasteiger partial charge on any atom is 0.335 e. The summed E-state index contributed by atoms with van der Waals surface area (Å²) in [6, 6.07) is 16.2. The Morgan fingerprint density at radius 3 is 2.21 bits per heavy atom. The van der Waals surface area contributed by atoms with Crippen molar-refractivity contribution in [2.24, 2.45) is 0 Å². The van der Waals surface area contributed by atoms with Crippen LogP contribution in [0.5, 0.6) is 5.75 Å². The lowest BCUT2D eigenvalue weighted by atomic mass is 10.1. The number of hydrogen-bond donors (Lipinski definition) is 1. The first-order valence-electron chi connectivity index (χ1n) is 10.1. The van der Waals surface area contributed by atoms with Gasteiger partial charge in [0, 0.05) is 10.6 Å². The third kappa shape index (κ3) is 4.94. The predicted molar refractivity (Wildman–Crippen MR) is 132 cm³/mol. The minimum atomic E-state index is -0.824.